The number of fused-ring (bicyclic) bond motifs is 1. The molecule has 20 heavy (non-hydrogen) atoms. The summed E-state index contributed by atoms with van der Waals surface area (Å²) < 4.78 is 14.4. The Morgan fingerprint density at radius 3 is 2.80 bits per heavy atom. The number of aliphatic hydroxyl groups excluding tert-OH is 1. The Kier molecular flexibility index (Phi) is 4.57. The lowest BCUT2D eigenvalue weighted by Crippen LogP contribution is -2.34. The van der Waals surface area contributed by atoms with Crippen LogP contribution in [0.4, 0.5) is 10.1 Å². The van der Waals surface area contributed by atoms with E-state index in [1.54, 1.807) is 17.0 Å². The largest absolute Gasteiger partial charge is 0.397 e. The Morgan fingerprint density at radius 2 is 2.20 bits per heavy atom. The summed E-state index contributed by atoms with van der Waals surface area (Å²) in [5, 5.41) is 9.34. The number of nitrogens with zero attached hydrogens (tertiary/aromatic N) is 1. The van der Waals surface area contributed by atoms with Crippen LogP contribution >= 0.6 is 11.3 Å². The Balaban J connectivity index is 2.44. The van der Waals surface area contributed by atoms with E-state index < -0.39 is 5.82 Å². The highest BCUT2D eigenvalue weighted by atomic mass is 32.1. The molecule has 1 aromatic heterocycles. The average Bonchev–Trinajstić information content (AvgIpc) is 2.76. The molecule has 0 saturated carbocycles. The number of halogens is 1. The summed E-state index contributed by atoms with van der Waals surface area (Å²) in [5.41, 5.74) is 6.12. The minimum atomic E-state index is -0.417. The van der Waals surface area contributed by atoms with Crippen molar-refractivity contribution in [2.75, 3.05) is 25.4 Å². The van der Waals surface area contributed by atoms with E-state index >= 15 is 0 Å². The van der Waals surface area contributed by atoms with Gasteiger partial charge in [-0.1, -0.05) is 13.0 Å². The molecule has 0 aliphatic rings. The Morgan fingerprint density at radius 1 is 1.45 bits per heavy atom. The molecule has 0 bridgehead atoms. The fourth-order valence-electron chi connectivity index (χ4n) is 2.14. The molecule has 2 rings (SSSR count). The first-order valence-corrected chi connectivity index (χ1v) is 7.28. The van der Waals surface area contributed by atoms with E-state index in [1.807, 2.05) is 6.92 Å². The number of hydrogen-bond donors (Lipinski definition) is 2. The fourth-order valence-corrected chi connectivity index (χ4v) is 3.24. The summed E-state index contributed by atoms with van der Waals surface area (Å²) in [7, 11) is 0. The lowest BCUT2D eigenvalue weighted by Gasteiger charge is -2.20. The lowest BCUT2D eigenvalue weighted by molar-refractivity contribution is 0.0728. The van der Waals surface area contributed by atoms with Crippen molar-refractivity contribution in [1.29, 1.82) is 0 Å². The predicted molar refractivity (Wildman–Crippen MR) is 79.5 cm³/mol. The zero-order valence-corrected chi connectivity index (χ0v) is 12.0. The Bertz CT molecular complexity index is 621. The van der Waals surface area contributed by atoms with E-state index in [0.717, 1.165) is 6.42 Å². The average molecular weight is 296 g/mol. The van der Waals surface area contributed by atoms with Crippen LogP contribution in [0.1, 0.15) is 23.0 Å². The van der Waals surface area contributed by atoms with Crippen molar-refractivity contribution in [3.05, 3.63) is 28.9 Å². The van der Waals surface area contributed by atoms with Crippen molar-refractivity contribution in [3.63, 3.8) is 0 Å². The normalized spacial score (nSPS) is 10.9. The van der Waals surface area contributed by atoms with Crippen molar-refractivity contribution in [3.8, 4) is 0 Å². The SMILES string of the molecule is CCCN(CCO)C(=O)c1sc2cccc(F)c2c1N. The second kappa shape index (κ2) is 6.19. The van der Waals surface area contributed by atoms with Gasteiger partial charge in [-0.15, -0.1) is 11.3 Å². The molecule has 0 aliphatic carbocycles. The van der Waals surface area contributed by atoms with Crippen LogP contribution in [-0.4, -0.2) is 35.6 Å². The van der Waals surface area contributed by atoms with Gasteiger partial charge in [0.05, 0.1) is 17.7 Å². The van der Waals surface area contributed by atoms with Crippen LogP contribution in [0.5, 0.6) is 0 Å². The molecule has 108 valence electrons. The van der Waals surface area contributed by atoms with Gasteiger partial charge in [-0.05, 0) is 18.6 Å². The van der Waals surface area contributed by atoms with Gasteiger partial charge in [0.1, 0.15) is 10.7 Å². The van der Waals surface area contributed by atoms with Gasteiger partial charge >= 0.3 is 0 Å². The Hall–Kier alpha value is -1.66. The second-order valence-corrected chi connectivity index (χ2v) is 5.53. The maximum absolute atomic E-state index is 13.8. The van der Waals surface area contributed by atoms with Gasteiger partial charge in [-0.3, -0.25) is 4.79 Å². The van der Waals surface area contributed by atoms with Crippen LogP contribution in [0.25, 0.3) is 10.1 Å². The molecule has 0 saturated heterocycles. The van der Waals surface area contributed by atoms with E-state index in [0.29, 0.717) is 21.5 Å². The van der Waals surface area contributed by atoms with Gasteiger partial charge in [0.25, 0.3) is 5.91 Å². The van der Waals surface area contributed by atoms with E-state index in [2.05, 4.69) is 0 Å². The van der Waals surface area contributed by atoms with Gasteiger partial charge in [0, 0.05) is 17.8 Å². The molecule has 0 spiro atoms. The summed E-state index contributed by atoms with van der Waals surface area (Å²) in [6.45, 7) is 2.63. The topological polar surface area (TPSA) is 66.6 Å². The number of anilines is 1. The monoisotopic (exact) mass is 296 g/mol. The third kappa shape index (κ3) is 2.62. The van der Waals surface area contributed by atoms with Crippen molar-refractivity contribution >= 4 is 33.0 Å². The van der Waals surface area contributed by atoms with Gasteiger partial charge in [-0.2, -0.15) is 0 Å². The zero-order valence-electron chi connectivity index (χ0n) is 11.2. The molecule has 6 heteroatoms. The van der Waals surface area contributed by atoms with Gasteiger partial charge in [0.2, 0.25) is 0 Å². The highest BCUT2D eigenvalue weighted by Crippen LogP contribution is 2.35. The summed E-state index contributed by atoms with van der Waals surface area (Å²) in [6.07, 6.45) is 0.783. The standard InChI is InChI=1S/C14H17FN2O2S/c1-2-6-17(7-8-18)14(19)13-12(16)11-9(15)4-3-5-10(11)20-13/h3-5,18H,2,6-8,16H2,1H3. The molecular formula is C14H17FN2O2S. The number of benzene rings is 1. The van der Waals surface area contributed by atoms with Crippen molar-refractivity contribution in [2.24, 2.45) is 0 Å². The van der Waals surface area contributed by atoms with Crippen molar-refractivity contribution < 1.29 is 14.3 Å². The number of nitrogens with two attached hydrogens (primary N) is 1. The van der Waals surface area contributed by atoms with Crippen LogP contribution in [0.2, 0.25) is 0 Å². The van der Waals surface area contributed by atoms with E-state index in [9.17, 15) is 9.18 Å². The summed E-state index contributed by atoms with van der Waals surface area (Å²) in [5.74, 6) is -0.668. The molecule has 4 nitrogen and oxygen atoms in total. The number of aliphatic hydroxyl groups is 1. The molecule has 2 aromatic rings. The zero-order chi connectivity index (χ0) is 14.7. The number of nitrogen functional groups attached to an aromatic ring is 1. The maximum atomic E-state index is 13.8. The fraction of sp³-hybridized carbons (Fsp3) is 0.357. The quantitative estimate of drug-likeness (QED) is 0.890. The maximum Gasteiger partial charge on any atom is 0.266 e. The number of hydrogen-bond acceptors (Lipinski definition) is 4. The van der Waals surface area contributed by atoms with Crippen LogP contribution in [0.3, 0.4) is 0 Å². The molecule has 0 fully saturated rings. The van der Waals surface area contributed by atoms with Crippen LogP contribution in [0.15, 0.2) is 18.2 Å². The Labute approximate surface area is 120 Å². The van der Waals surface area contributed by atoms with Gasteiger partial charge < -0.3 is 15.7 Å². The minimum absolute atomic E-state index is 0.106. The highest BCUT2D eigenvalue weighted by Gasteiger charge is 2.22. The smallest absolute Gasteiger partial charge is 0.266 e. The summed E-state index contributed by atoms with van der Waals surface area (Å²) >= 11 is 1.19. The molecule has 0 radical (unpaired) electrons. The minimum Gasteiger partial charge on any atom is -0.397 e. The number of thiophene rings is 1. The molecule has 1 amide bonds. The first-order valence-electron chi connectivity index (χ1n) is 6.46. The third-order valence-corrected chi connectivity index (χ3v) is 4.21. The molecule has 0 atom stereocenters. The third-order valence-electron chi connectivity index (χ3n) is 3.05. The first-order chi connectivity index (χ1) is 9.60. The molecule has 3 N–H and O–H groups in total. The second-order valence-electron chi connectivity index (χ2n) is 4.47. The molecule has 1 heterocycles. The number of amides is 1. The number of rotatable bonds is 5. The summed E-state index contributed by atoms with van der Waals surface area (Å²) in [4.78, 5) is 14.3. The molecule has 1 aromatic carbocycles. The molecular weight excluding hydrogens is 279 g/mol. The van der Waals surface area contributed by atoms with E-state index in [1.165, 1.54) is 17.4 Å². The molecule has 0 unspecified atom stereocenters. The lowest BCUT2D eigenvalue weighted by atomic mass is 10.2. The first kappa shape index (κ1) is 14.7. The van der Waals surface area contributed by atoms with E-state index in [-0.39, 0.29) is 24.7 Å². The van der Waals surface area contributed by atoms with Crippen LogP contribution in [-0.2, 0) is 0 Å². The number of carbonyl (C=O) groups is 1. The van der Waals surface area contributed by atoms with Gasteiger partial charge in [-0.25, -0.2) is 4.39 Å². The van der Waals surface area contributed by atoms with Gasteiger partial charge in [0.15, 0.2) is 0 Å². The van der Waals surface area contributed by atoms with E-state index in [4.69, 9.17) is 10.8 Å². The number of carbonyl (C=O) groups excluding carboxylic acids is 1. The van der Waals surface area contributed by atoms with Crippen LogP contribution < -0.4 is 5.73 Å². The highest BCUT2D eigenvalue weighted by molar-refractivity contribution is 7.21. The molecule has 0 aliphatic heterocycles. The van der Waals surface area contributed by atoms with Crippen molar-refractivity contribution in [2.45, 2.75) is 13.3 Å². The summed E-state index contributed by atoms with van der Waals surface area (Å²) in [6, 6.07) is 4.67. The predicted octanol–water partition coefficient (Wildman–Crippen LogP) is 2.47. The van der Waals surface area contributed by atoms with Crippen molar-refractivity contribution in [1.82, 2.24) is 4.90 Å². The van der Waals surface area contributed by atoms with Crippen LogP contribution in [0, 0.1) is 5.82 Å².